The Morgan fingerprint density at radius 2 is 2.00 bits per heavy atom. The van der Waals surface area contributed by atoms with Crippen molar-refractivity contribution in [1.82, 2.24) is 5.32 Å². The number of hydrogen-bond donors (Lipinski definition) is 2. The lowest BCUT2D eigenvalue weighted by Crippen LogP contribution is -2.41. The summed E-state index contributed by atoms with van der Waals surface area (Å²) in [7, 11) is 0. The molecule has 0 aliphatic heterocycles. The van der Waals surface area contributed by atoms with Crippen LogP contribution in [0.4, 0.5) is 5.69 Å². The number of ether oxygens (including phenoxy) is 1. The largest absolute Gasteiger partial charge is 0.457 e. The number of nitro groups is 1. The van der Waals surface area contributed by atoms with E-state index < -0.39 is 10.8 Å². The first-order valence-electron chi connectivity index (χ1n) is 8.10. The Kier molecular flexibility index (Phi) is 4.95. The number of nitrogens with one attached hydrogen (secondary N) is 1. The van der Waals surface area contributed by atoms with Crippen molar-refractivity contribution < 1.29 is 14.5 Å². The summed E-state index contributed by atoms with van der Waals surface area (Å²) in [5, 5.41) is 13.9. The highest BCUT2D eigenvalue weighted by Gasteiger charge is 2.32. The van der Waals surface area contributed by atoms with Gasteiger partial charge in [0.05, 0.1) is 10.5 Å². The first-order chi connectivity index (χ1) is 12.1. The highest BCUT2D eigenvalue weighted by Crippen LogP contribution is 2.33. The molecule has 2 aromatic carbocycles. The Morgan fingerprint density at radius 3 is 2.60 bits per heavy atom. The predicted molar refractivity (Wildman–Crippen MR) is 92.6 cm³/mol. The van der Waals surface area contributed by atoms with Crippen LogP contribution in [0.1, 0.15) is 23.2 Å². The number of carbonyl (C=O) groups is 1. The predicted octanol–water partition coefficient (Wildman–Crippen LogP) is 2.85. The number of benzene rings is 2. The van der Waals surface area contributed by atoms with Gasteiger partial charge in [-0.15, -0.1) is 0 Å². The summed E-state index contributed by atoms with van der Waals surface area (Å²) >= 11 is 0. The molecule has 0 aromatic heterocycles. The van der Waals surface area contributed by atoms with E-state index in [1.807, 2.05) is 6.07 Å². The van der Waals surface area contributed by atoms with Crippen LogP contribution in [-0.2, 0) is 0 Å². The van der Waals surface area contributed by atoms with E-state index in [1.54, 1.807) is 24.3 Å². The van der Waals surface area contributed by atoms with E-state index in [1.165, 1.54) is 18.2 Å². The number of nitrogens with two attached hydrogens (primary N) is 1. The lowest BCUT2D eigenvalue weighted by molar-refractivity contribution is -0.384. The molecule has 7 nitrogen and oxygen atoms in total. The zero-order chi connectivity index (χ0) is 17.8. The average molecular weight is 341 g/mol. The third-order valence-electron chi connectivity index (χ3n) is 4.15. The van der Waals surface area contributed by atoms with Crippen LogP contribution < -0.4 is 15.8 Å². The third-order valence-corrected chi connectivity index (χ3v) is 4.15. The van der Waals surface area contributed by atoms with E-state index in [4.69, 9.17) is 10.5 Å². The van der Waals surface area contributed by atoms with Crippen molar-refractivity contribution in [2.24, 2.45) is 11.7 Å². The fourth-order valence-corrected chi connectivity index (χ4v) is 2.63. The molecule has 1 unspecified atom stereocenters. The van der Waals surface area contributed by atoms with E-state index in [2.05, 4.69) is 5.32 Å². The monoisotopic (exact) mass is 341 g/mol. The SMILES string of the molecule is NCC(NC(=O)c1cc([N+](=O)[O-])ccc1Oc1ccccc1)C1CC1. The molecule has 0 spiro atoms. The molecule has 25 heavy (non-hydrogen) atoms. The fourth-order valence-electron chi connectivity index (χ4n) is 2.63. The van der Waals surface area contributed by atoms with E-state index in [0.29, 0.717) is 18.2 Å². The second-order valence-electron chi connectivity index (χ2n) is 6.01. The Hall–Kier alpha value is -2.93. The van der Waals surface area contributed by atoms with Crippen molar-refractivity contribution in [1.29, 1.82) is 0 Å². The minimum Gasteiger partial charge on any atom is -0.457 e. The van der Waals surface area contributed by atoms with Crippen LogP contribution in [0.25, 0.3) is 0 Å². The fraction of sp³-hybridized carbons (Fsp3) is 0.278. The lowest BCUT2D eigenvalue weighted by Gasteiger charge is -2.17. The average Bonchev–Trinajstić information content (AvgIpc) is 3.45. The summed E-state index contributed by atoms with van der Waals surface area (Å²) in [6, 6.07) is 12.8. The molecule has 1 atom stereocenters. The Morgan fingerprint density at radius 1 is 1.28 bits per heavy atom. The Bertz CT molecular complexity index is 775. The van der Waals surface area contributed by atoms with Gasteiger partial charge in [0.2, 0.25) is 0 Å². The molecule has 0 bridgehead atoms. The van der Waals surface area contributed by atoms with Crippen molar-refractivity contribution in [3.05, 3.63) is 64.2 Å². The molecule has 1 fully saturated rings. The minimum atomic E-state index is -0.537. The third kappa shape index (κ3) is 4.13. The Labute approximate surface area is 144 Å². The summed E-state index contributed by atoms with van der Waals surface area (Å²) < 4.78 is 5.74. The van der Waals surface area contributed by atoms with Gasteiger partial charge in [-0.2, -0.15) is 0 Å². The van der Waals surface area contributed by atoms with Crippen molar-refractivity contribution in [2.75, 3.05) is 6.54 Å². The van der Waals surface area contributed by atoms with Crippen molar-refractivity contribution in [3.63, 3.8) is 0 Å². The van der Waals surface area contributed by atoms with Gasteiger partial charge in [-0.1, -0.05) is 18.2 Å². The smallest absolute Gasteiger partial charge is 0.270 e. The second-order valence-corrected chi connectivity index (χ2v) is 6.01. The maximum absolute atomic E-state index is 12.7. The molecular formula is C18H19N3O4. The molecule has 1 aliphatic carbocycles. The molecular weight excluding hydrogens is 322 g/mol. The first-order valence-corrected chi connectivity index (χ1v) is 8.10. The maximum atomic E-state index is 12.7. The molecule has 0 heterocycles. The molecule has 1 aliphatic rings. The molecule has 3 N–H and O–H groups in total. The van der Waals surface area contributed by atoms with Gasteiger partial charge in [-0.25, -0.2) is 0 Å². The van der Waals surface area contributed by atoms with Crippen molar-refractivity contribution in [3.8, 4) is 11.5 Å². The summed E-state index contributed by atoms with van der Waals surface area (Å²) in [5.74, 6) is 0.770. The molecule has 3 rings (SSSR count). The number of nitro benzene ring substituents is 1. The van der Waals surface area contributed by atoms with Gasteiger partial charge in [0, 0.05) is 24.7 Å². The zero-order valence-corrected chi connectivity index (χ0v) is 13.6. The standard InChI is InChI=1S/C18H19N3O4/c19-11-16(12-6-7-12)20-18(22)15-10-13(21(23)24)8-9-17(15)25-14-4-2-1-3-5-14/h1-5,8-10,12,16H,6-7,11,19H2,(H,20,22). The van der Waals surface area contributed by atoms with E-state index in [9.17, 15) is 14.9 Å². The van der Waals surface area contributed by atoms with Crippen molar-refractivity contribution >= 4 is 11.6 Å². The number of carbonyl (C=O) groups excluding carboxylic acids is 1. The second kappa shape index (κ2) is 7.31. The highest BCUT2D eigenvalue weighted by molar-refractivity contribution is 5.98. The topological polar surface area (TPSA) is 107 Å². The highest BCUT2D eigenvalue weighted by atomic mass is 16.6. The molecule has 1 amide bonds. The van der Waals surface area contributed by atoms with Gasteiger partial charge in [0.15, 0.2) is 0 Å². The summed E-state index contributed by atoms with van der Waals surface area (Å²) in [4.78, 5) is 23.2. The number of para-hydroxylation sites is 1. The minimum absolute atomic E-state index is 0.122. The van der Waals surface area contributed by atoms with Gasteiger partial charge < -0.3 is 15.8 Å². The van der Waals surface area contributed by atoms with E-state index in [-0.39, 0.29) is 23.0 Å². The quantitative estimate of drug-likeness (QED) is 0.595. The van der Waals surface area contributed by atoms with E-state index >= 15 is 0 Å². The number of non-ortho nitro benzene ring substituents is 1. The van der Waals surface area contributed by atoms with Crippen LogP contribution >= 0.6 is 0 Å². The number of amides is 1. The number of hydrogen-bond acceptors (Lipinski definition) is 5. The van der Waals surface area contributed by atoms with Crippen LogP contribution in [0.3, 0.4) is 0 Å². The van der Waals surface area contributed by atoms with E-state index in [0.717, 1.165) is 12.8 Å². The molecule has 1 saturated carbocycles. The van der Waals surface area contributed by atoms with Crippen LogP contribution in [0, 0.1) is 16.0 Å². The zero-order valence-electron chi connectivity index (χ0n) is 13.6. The number of nitrogens with zero attached hydrogens (tertiary/aromatic N) is 1. The van der Waals surface area contributed by atoms with Gasteiger partial charge in [0.25, 0.3) is 11.6 Å². The Balaban J connectivity index is 1.89. The first kappa shape index (κ1) is 16.9. The van der Waals surface area contributed by atoms with Gasteiger partial charge in [-0.3, -0.25) is 14.9 Å². The maximum Gasteiger partial charge on any atom is 0.270 e. The van der Waals surface area contributed by atoms with Crippen LogP contribution in [0.15, 0.2) is 48.5 Å². The molecule has 130 valence electrons. The molecule has 0 radical (unpaired) electrons. The van der Waals surface area contributed by atoms with Crippen LogP contribution in [-0.4, -0.2) is 23.4 Å². The molecule has 0 saturated heterocycles. The van der Waals surface area contributed by atoms with Gasteiger partial charge in [-0.05, 0) is 37.0 Å². The molecule has 2 aromatic rings. The summed E-state index contributed by atoms with van der Waals surface area (Å²) in [6.45, 7) is 0.334. The normalized spacial score (nSPS) is 14.6. The number of rotatable bonds is 7. The summed E-state index contributed by atoms with van der Waals surface area (Å²) in [6.07, 6.45) is 2.06. The summed E-state index contributed by atoms with van der Waals surface area (Å²) in [5.41, 5.74) is 5.68. The van der Waals surface area contributed by atoms with Gasteiger partial charge in [0.1, 0.15) is 11.5 Å². The van der Waals surface area contributed by atoms with Gasteiger partial charge >= 0.3 is 0 Å². The van der Waals surface area contributed by atoms with Crippen LogP contribution in [0.2, 0.25) is 0 Å². The molecule has 7 heteroatoms. The van der Waals surface area contributed by atoms with Crippen molar-refractivity contribution in [2.45, 2.75) is 18.9 Å². The lowest BCUT2D eigenvalue weighted by atomic mass is 10.1. The van der Waals surface area contributed by atoms with Crippen LogP contribution in [0.5, 0.6) is 11.5 Å².